The molecule has 110 valence electrons. The molecule has 1 aliphatic rings. The van der Waals surface area contributed by atoms with Crippen molar-refractivity contribution < 1.29 is 18.3 Å². The van der Waals surface area contributed by atoms with Crippen LogP contribution in [-0.2, 0) is 26.5 Å². The van der Waals surface area contributed by atoms with E-state index in [1.54, 1.807) is 0 Å². The van der Waals surface area contributed by atoms with Gasteiger partial charge in [-0.15, -0.1) is 0 Å². The van der Waals surface area contributed by atoms with Gasteiger partial charge in [-0.05, 0) is 43.2 Å². The first-order chi connectivity index (χ1) is 9.35. The lowest BCUT2D eigenvalue weighted by Gasteiger charge is -2.35. The predicted octanol–water partition coefficient (Wildman–Crippen LogP) is 2.17. The molecule has 2 rings (SSSR count). The molecule has 0 aliphatic heterocycles. The zero-order valence-electron chi connectivity index (χ0n) is 11.6. The highest BCUT2D eigenvalue weighted by Crippen LogP contribution is 2.41. The quantitative estimate of drug-likeness (QED) is 0.904. The molecule has 0 radical (unpaired) electrons. The molecule has 0 fully saturated rings. The summed E-state index contributed by atoms with van der Waals surface area (Å²) in [4.78, 5) is 11.8. The number of carbonyl (C=O) groups is 1. The normalized spacial score (nSPS) is 22.2. The number of hydrogen-bond acceptors (Lipinski definition) is 3. The Balaban J connectivity index is 2.30. The maximum atomic E-state index is 11.8. The van der Waals surface area contributed by atoms with Gasteiger partial charge in [-0.2, -0.15) is 0 Å². The third kappa shape index (κ3) is 3.03. The molecule has 4 nitrogen and oxygen atoms in total. The monoisotopic (exact) mass is 296 g/mol. The number of aliphatic carboxylic acids is 1. The number of carboxylic acid groups (broad SMARTS) is 1. The third-order valence-corrected chi connectivity index (χ3v) is 5.14. The molecule has 5 heteroatoms. The van der Waals surface area contributed by atoms with E-state index in [0.29, 0.717) is 19.3 Å². The van der Waals surface area contributed by atoms with Crippen LogP contribution in [0.1, 0.15) is 36.8 Å². The van der Waals surface area contributed by atoms with E-state index < -0.39 is 21.2 Å². The molecule has 0 saturated carbocycles. The van der Waals surface area contributed by atoms with E-state index in [-0.39, 0.29) is 5.75 Å². The van der Waals surface area contributed by atoms with Gasteiger partial charge in [0.2, 0.25) is 0 Å². The minimum absolute atomic E-state index is 0.0458. The lowest BCUT2D eigenvalue weighted by atomic mass is 9.67. The molecule has 1 N–H and O–H groups in total. The molecule has 1 aliphatic carbocycles. The highest BCUT2D eigenvalue weighted by Gasteiger charge is 2.42. The van der Waals surface area contributed by atoms with Crippen LogP contribution < -0.4 is 0 Å². The Bertz CT molecular complexity index is 606. The SMILES string of the molecule is CS(=O)(=O)CCCC1(C(=O)O)CCCc2ccccc21. The second kappa shape index (κ2) is 5.56. The van der Waals surface area contributed by atoms with Crippen molar-refractivity contribution in [1.29, 1.82) is 0 Å². The number of carboxylic acids is 1. The van der Waals surface area contributed by atoms with E-state index in [2.05, 4.69) is 0 Å². The molecule has 20 heavy (non-hydrogen) atoms. The standard InChI is InChI=1S/C15H20O4S/c1-20(18,19)11-5-10-15(14(16)17)9-4-7-12-6-2-3-8-13(12)15/h2-3,6,8H,4-5,7,9-11H2,1H3,(H,16,17). The minimum Gasteiger partial charge on any atom is -0.481 e. The fourth-order valence-corrected chi connectivity index (χ4v) is 3.81. The van der Waals surface area contributed by atoms with Gasteiger partial charge < -0.3 is 5.11 Å². The Morgan fingerprint density at radius 3 is 2.70 bits per heavy atom. The molecule has 1 aromatic rings. The highest BCUT2D eigenvalue weighted by molar-refractivity contribution is 7.90. The molecular weight excluding hydrogens is 276 g/mol. The summed E-state index contributed by atoms with van der Waals surface area (Å²) in [6, 6.07) is 7.64. The van der Waals surface area contributed by atoms with Crippen LogP contribution in [0.5, 0.6) is 0 Å². The van der Waals surface area contributed by atoms with Gasteiger partial charge >= 0.3 is 5.97 Å². The molecule has 0 saturated heterocycles. The van der Waals surface area contributed by atoms with Crippen LogP contribution in [0, 0.1) is 0 Å². The first-order valence-electron chi connectivity index (χ1n) is 6.85. The summed E-state index contributed by atoms with van der Waals surface area (Å²) in [5, 5.41) is 9.72. The van der Waals surface area contributed by atoms with E-state index in [0.717, 1.165) is 24.0 Å². The van der Waals surface area contributed by atoms with E-state index >= 15 is 0 Å². The summed E-state index contributed by atoms with van der Waals surface area (Å²) in [5.41, 5.74) is 1.03. The highest BCUT2D eigenvalue weighted by atomic mass is 32.2. The van der Waals surface area contributed by atoms with E-state index in [4.69, 9.17) is 0 Å². The predicted molar refractivity (Wildman–Crippen MR) is 77.6 cm³/mol. The van der Waals surface area contributed by atoms with Crippen molar-refractivity contribution in [2.24, 2.45) is 0 Å². The summed E-state index contributed by atoms with van der Waals surface area (Å²) in [6.07, 6.45) is 4.28. The number of rotatable bonds is 5. The Morgan fingerprint density at radius 1 is 1.35 bits per heavy atom. The molecule has 0 amide bonds. The summed E-state index contributed by atoms with van der Waals surface area (Å²) < 4.78 is 22.5. The van der Waals surface area contributed by atoms with Crippen LogP contribution in [0.25, 0.3) is 0 Å². The van der Waals surface area contributed by atoms with Crippen molar-refractivity contribution in [2.75, 3.05) is 12.0 Å². The number of benzene rings is 1. The van der Waals surface area contributed by atoms with Gasteiger partial charge in [0.05, 0.1) is 5.41 Å². The lowest BCUT2D eigenvalue weighted by molar-refractivity contribution is -0.144. The zero-order valence-corrected chi connectivity index (χ0v) is 12.4. The first-order valence-corrected chi connectivity index (χ1v) is 8.91. The average Bonchev–Trinajstić information content (AvgIpc) is 2.37. The van der Waals surface area contributed by atoms with Crippen molar-refractivity contribution in [1.82, 2.24) is 0 Å². The lowest BCUT2D eigenvalue weighted by Crippen LogP contribution is -2.39. The van der Waals surface area contributed by atoms with Crippen LogP contribution in [0.4, 0.5) is 0 Å². The van der Waals surface area contributed by atoms with E-state index in [1.807, 2.05) is 24.3 Å². The first kappa shape index (κ1) is 15.0. The zero-order chi connectivity index (χ0) is 14.8. The Morgan fingerprint density at radius 2 is 2.05 bits per heavy atom. The van der Waals surface area contributed by atoms with Crippen molar-refractivity contribution in [3.05, 3.63) is 35.4 Å². The molecule has 0 spiro atoms. The van der Waals surface area contributed by atoms with Crippen LogP contribution in [-0.4, -0.2) is 31.5 Å². The maximum absolute atomic E-state index is 11.8. The van der Waals surface area contributed by atoms with E-state index in [9.17, 15) is 18.3 Å². The van der Waals surface area contributed by atoms with Gasteiger partial charge in [-0.3, -0.25) is 4.79 Å². The van der Waals surface area contributed by atoms with E-state index in [1.165, 1.54) is 6.26 Å². The van der Waals surface area contributed by atoms with Gasteiger partial charge in [0.25, 0.3) is 0 Å². The molecule has 0 heterocycles. The second-order valence-corrected chi connectivity index (χ2v) is 7.89. The van der Waals surface area contributed by atoms with Gasteiger partial charge in [-0.25, -0.2) is 8.42 Å². The van der Waals surface area contributed by atoms with Crippen LogP contribution in [0.2, 0.25) is 0 Å². The van der Waals surface area contributed by atoms with Gasteiger partial charge in [0, 0.05) is 12.0 Å². The number of aryl methyl sites for hydroxylation is 1. The Hall–Kier alpha value is -1.36. The number of sulfone groups is 1. The smallest absolute Gasteiger partial charge is 0.314 e. The largest absolute Gasteiger partial charge is 0.481 e. The summed E-state index contributed by atoms with van der Waals surface area (Å²) >= 11 is 0. The van der Waals surface area contributed by atoms with Crippen LogP contribution >= 0.6 is 0 Å². The van der Waals surface area contributed by atoms with Crippen molar-refractivity contribution in [2.45, 2.75) is 37.5 Å². The fraction of sp³-hybridized carbons (Fsp3) is 0.533. The van der Waals surface area contributed by atoms with Crippen molar-refractivity contribution in [3.63, 3.8) is 0 Å². The second-order valence-electron chi connectivity index (χ2n) is 5.63. The topological polar surface area (TPSA) is 71.4 Å². The van der Waals surface area contributed by atoms with Crippen LogP contribution in [0.15, 0.2) is 24.3 Å². The number of fused-ring (bicyclic) bond motifs is 1. The summed E-state index contributed by atoms with van der Waals surface area (Å²) in [5.74, 6) is -0.789. The molecule has 1 atom stereocenters. The minimum atomic E-state index is -3.05. The fourth-order valence-electron chi connectivity index (χ4n) is 3.15. The molecule has 0 bridgehead atoms. The van der Waals surface area contributed by atoms with Crippen LogP contribution in [0.3, 0.4) is 0 Å². The van der Waals surface area contributed by atoms with Crippen molar-refractivity contribution in [3.8, 4) is 0 Å². The maximum Gasteiger partial charge on any atom is 0.314 e. The number of hydrogen-bond donors (Lipinski definition) is 1. The summed E-state index contributed by atoms with van der Waals surface area (Å²) in [6.45, 7) is 0. The molecule has 0 aromatic heterocycles. The van der Waals surface area contributed by atoms with Crippen molar-refractivity contribution >= 4 is 15.8 Å². The third-order valence-electron chi connectivity index (χ3n) is 4.11. The van der Waals surface area contributed by atoms with Gasteiger partial charge in [-0.1, -0.05) is 24.3 Å². The Labute approximate surface area is 119 Å². The molecule has 1 aromatic carbocycles. The average molecular weight is 296 g/mol. The Kier molecular flexibility index (Phi) is 4.18. The summed E-state index contributed by atoms with van der Waals surface area (Å²) in [7, 11) is -3.05. The molecular formula is C15H20O4S. The molecule has 1 unspecified atom stereocenters. The van der Waals surface area contributed by atoms with Gasteiger partial charge in [0.15, 0.2) is 0 Å². The van der Waals surface area contributed by atoms with Gasteiger partial charge in [0.1, 0.15) is 9.84 Å².